The molecule has 1 unspecified atom stereocenters. The van der Waals surface area contributed by atoms with Crippen molar-refractivity contribution in [2.24, 2.45) is 9.98 Å². The molecule has 2 heterocycles. The van der Waals surface area contributed by atoms with Crippen molar-refractivity contribution in [3.8, 4) is 22.3 Å². The Morgan fingerprint density at radius 3 is 1.63 bits per heavy atom. The van der Waals surface area contributed by atoms with Crippen LogP contribution in [0.3, 0.4) is 0 Å². The van der Waals surface area contributed by atoms with E-state index in [0.717, 1.165) is 33.9 Å². The molecule has 2 N–H and O–H groups in total. The van der Waals surface area contributed by atoms with E-state index in [-0.39, 0.29) is 12.3 Å². The first-order valence-corrected chi connectivity index (χ1v) is 15.7. The van der Waals surface area contributed by atoms with Crippen LogP contribution < -0.4 is 15.5 Å². The molecule has 46 heavy (non-hydrogen) atoms. The van der Waals surface area contributed by atoms with Gasteiger partial charge in [-0.15, -0.1) is 0 Å². The van der Waals surface area contributed by atoms with Gasteiger partial charge >= 0.3 is 0 Å². The van der Waals surface area contributed by atoms with Crippen LogP contribution >= 0.6 is 0 Å². The summed E-state index contributed by atoms with van der Waals surface area (Å²) in [5.74, 6) is 1.64. The fourth-order valence-corrected chi connectivity index (χ4v) is 6.29. The van der Waals surface area contributed by atoms with E-state index >= 15 is 0 Å². The van der Waals surface area contributed by atoms with Gasteiger partial charge in [0.1, 0.15) is 17.8 Å². The van der Waals surface area contributed by atoms with Crippen LogP contribution in [0.25, 0.3) is 22.3 Å². The molecule has 0 aromatic heterocycles. The number of hydrogen-bond acceptors (Lipinski definition) is 5. The fraction of sp³-hybridized carbons (Fsp3) is 0.0732. The molecule has 5 heteroatoms. The van der Waals surface area contributed by atoms with E-state index in [4.69, 9.17) is 9.98 Å². The molecular weight excluding hydrogens is 562 g/mol. The highest BCUT2D eigenvalue weighted by Gasteiger charge is 2.26. The number of rotatable bonds is 6. The minimum Gasteiger partial charge on any atom is -0.363 e. The summed E-state index contributed by atoms with van der Waals surface area (Å²) >= 11 is 0. The quantitative estimate of drug-likeness (QED) is 0.202. The number of anilines is 3. The Kier molecular flexibility index (Phi) is 7.12. The van der Waals surface area contributed by atoms with Crippen LogP contribution in [0.1, 0.15) is 29.8 Å². The molecule has 2 aliphatic heterocycles. The van der Waals surface area contributed by atoms with Gasteiger partial charge in [0.2, 0.25) is 0 Å². The van der Waals surface area contributed by atoms with Gasteiger partial charge in [-0.25, -0.2) is 9.98 Å². The molecule has 222 valence electrons. The van der Waals surface area contributed by atoms with Crippen molar-refractivity contribution in [3.63, 3.8) is 0 Å². The maximum Gasteiger partial charge on any atom is 0.169 e. The molecule has 6 aromatic rings. The van der Waals surface area contributed by atoms with Crippen molar-refractivity contribution < 1.29 is 0 Å². The van der Waals surface area contributed by atoms with Gasteiger partial charge in [0, 0.05) is 16.8 Å². The van der Waals surface area contributed by atoms with E-state index < -0.39 is 0 Å². The molecule has 0 bridgehead atoms. The molecule has 0 saturated carbocycles. The lowest BCUT2D eigenvalue weighted by molar-refractivity contribution is 0.756. The number of nitrogens with zero attached hydrogens (tertiary/aromatic N) is 3. The summed E-state index contributed by atoms with van der Waals surface area (Å²) < 4.78 is 0. The van der Waals surface area contributed by atoms with E-state index in [1.165, 1.54) is 33.8 Å². The molecule has 0 spiro atoms. The Bertz CT molecular complexity index is 1990. The number of fused-ring (bicyclic) bond motifs is 1. The van der Waals surface area contributed by atoms with Crippen LogP contribution in [-0.4, -0.2) is 17.8 Å². The van der Waals surface area contributed by atoms with Crippen molar-refractivity contribution in [2.75, 3.05) is 10.2 Å². The Balaban J connectivity index is 1.06. The SMILES string of the molecule is CC1Nc2ccccc2N1c1ccc(-c2cccc(-c3ccc(C4N=C(c5ccccc5)NC(c5ccccc5)=N4)cc3)c2)cc1. The molecule has 2 aliphatic rings. The minimum atomic E-state index is -0.342. The summed E-state index contributed by atoms with van der Waals surface area (Å²) in [6, 6.07) is 55.2. The number of aliphatic imine (C=N–C) groups is 2. The molecule has 0 fully saturated rings. The lowest BCUT2D eigenvalue weighted by atomic mass is 9.98. The average Bonchev–Trinajstić information content (AvgIpc) is 3.48. The van der Waals surface area contributed by atoms with Crippen LogP contribution in [0.15, 0.2) is 168 Å². The maximum atomic E-state index is 5.02. The molecule has 0 amide bonds. The van der Waals surface area contributed by atoms with Crippen molar-refractivity contribution in [1.29, 1.82) is 0 Å². The summed E-state index contributed by atoms with van der Waals surface area (Å²) in [6.07, 6.45) is -0.142. The second-order valence-electron chi connectivity index (χ2n) is 11.6. The highest BCUT2D eigenvalue weighted by Crippen LogP contribution is 2.40. The monoisotopic (exact) mass is 595 g/mol. The first kappa shape index (κ1) is 27.6. The van der Waals surface area contributed by atoms with Crippen molar-refractivity contribution in [2.45, 2.75) is 19.3 Å². The fourth-order valence-electron chi connectivity index (χ4n) is 6.29. The summed E-state index contributed by atoms with van der Waals surface area (Å²) in [7, 11) is 0. The second-order valence-corrected chi connectivity index (χ2v) is 11.6. The topological polar surface area (TPSA) is 52.0 Å². The molecule has 5 nitrogen and oxygen atoms in total. The zero-order valence-corrected chi connectivity index (χ0v) is 25.5. The van der Waals surface area contributed by atoms with Gasteiger partial charge in [-0.2, -0.15) is 0 Å². The first-order valence-electron chi connectivity index (χ1n) is 15.7. The smallest absolute Gasteiger partial charge is 0.169 e. The number of hydrogen-bond donors (Lipinski definition) is 2. The lowest BCUT2D eigenvalue weighted by Gasteiger charge is -2.24. The molecule has 0 radical (unpaired) electrons. The van der Waals surface area contributed by atoms with Gasteiger partial charge in [0.15, 0.2) is 6.17 Å². The molecule has 8 rings (SSSR count). The van der Waals surface area contributed by atoms with Crippen LogP contribution in [0.4, 0.5) is 17.1 Å². The summed E-state index contributed by atoms with van der Waals surface area (Å²) in [6.45, 7) is 2.19. The van der Waals surface area contributed by atoms with Crippen LogP contribution in [0.5, 0.6) is 0 Å². The van der Waals surface area contributed by atoms with E-state index in [1.54, 1.807) is 0 Å². The predicted molar refractivity (Wildman–Crippen MR) is 191 cm³/mol. The summed E-state index contributed by atoms with van der Waals surface area (Å²) in [5, 5.41) is 7.04. The number of amidine groups is 2. The Morgan fingerprint density at radius 2 is 1.02 bits per heavy atom. The molecule has 6 aromatic carbocycles. The minimum absolute atomic E-state index is 0.200. The van der Waals surface area contributed by atoms with Crippen molar-refractivity contribution in [3.05, 3.63) is 174 Å². The first-order chi connectivity index (χ1) is 22.7. The van der Waals surface area contributed by atoms with Crippen LogP contribution in [-0.2, 0) is 0 Å². The summed E-state index contributed by atoms with van der Waals surface area (Å²) in [5.41, 5.74) is 11.4. The zero-order chi connectivity index (χ0) is 30.9. The number of para-hydroxylation sites is 2. The van der Waals surface area contributed by atoms with E-state index in [1.807, 2.05) is 36.4 Å². The third kappa shape index (κ3) is 5.33. The van der Waals surface area contributed by atoms with Crippen LogP contribution in [0.2, 0.25) is 0 Å². The van der Waals surface area contributed by atoms with Gasteiger partial charge in [-0.3, -0.25) is 0 Å². The highest BCUT2D eigenvalue weighted by atomic mass is 15.3. The second kappa shape index (κ2) is 11.9. The Morgan fingerprint density at radius 1 is 0.500 bits per heavy atom. The van der Waals surface area contributed by atoms with Gasteiger partial charge in [0.05, 0.1) is 11.4 Å². The predicted octanol–water partition coefficient (Wildman–Crippen LogP) is 9.43. The average molecular weight is 596 g/mol. The van der Waals surface area contributed by atoms with Crippen LogP contribution in [0, 0.1) is 0 Å². The normalized spacial score (nSPS) is 15.8. The van der Waals surface area contributed by atoms with Gasteiger partial charge in [-0.05, 0) is 65.1 Å². The molecular formula is C41H33N5. The lowest BCUT2D eigenvalue weighted by Crippen LogP contribution is -2.35. The Hall–Kier alpha value is -5.94. The van der Waals surface area contributed by atoms with Crippen molar-refractivity contribution in [1.82, 2.24) is 5.32 Å². The Labute approximate surface area is 269 Å². The van der Waals surface area contributed by atoms with Crippen molar-refractivity contribution >= 4 is 28.7 Å². The molecule has 0 saturated heterocycles. The number of benzene rings is 6. The number of nitrogens with one attached hydrogen (secondary N) is 2. The standard InChI is InChI=1S/C41H33N5/c1-28-42-37-17-8-9-18-38(37)46(28)36-25-23-30(24-26-36)35-16-10-15-34(27-35)29-19-21-33(22-20-29)41-44-39(31-11-4-2-5-12-31)43-40(45-41)32-13-6-3-7-14-32/h2-28,41-42H,1H3,(H,43,44,45). The largest absolute Gasteiger partial charge is 0.363 e. The van der Waals surface area contributed by atoms with Gasteiger partial charge < -0.3 is 15.5 Å². The zero-order valence-electron chi connectivity index (χ0n) is 25.5. The van der Waals surface area contributed by atoms with Gasteiger partial charge in [-0.1, -0.05) is 127 Å². The summed E-state index contributed by atoms with van der Waals surface area (Å²) in [4.78, 5) is 12.4. The third-order valence-corrected chi connectivity index (χ3v) is 8.63. The molecule has 1 atom stereocenters. The highest BCUT2D eigenvalue weighted by molar-refractivity contribution is 6.15. The van der Waals surface area contributed by atoms with E-state index in [9.17, 15) is 0 Å². The van der Waals surface area contributed by atoms with E-state index in [2.05, 4.69) is 144 Å². The maximum absolute atomic E-state index is 5.02. The molecule has 0 aliphatic carbocycles. The third-order valence-electron chi connectivity index (χ3n) is 8.63. The van der Waals surface area contributed by atoms with Gasteiger partial charge in [0.25, 0.3) is 0 Å². The van der Waals surface area contributed by atoms with E-state index in [0.29, 0.717) is 0 Å².